The summed E-state index contributed by atoms with van der Waals surface area (Å²) in [6.45, 7) is 7.60. The molecule has 1 heterocycles. The van der Waals surface area contributed by atoms with Crippen LogP contribution in [0.3, 0.4) is 0 Å². The van der Waals surface area contributed by atoms with Gasteiger partial charge in [0.2, 0.25) is 17.7 Å². The van der Waals surface area contributed by atoms with E-state index in [2.05, 4.69) is 10.6 Å². The first-order valence-electron chi connectivity index (χ1n) is 11.6. The number of nitrogens with zero attached hydrogens (tertiary/aromatic N) is 1. The quantitative estimate of drug-likeness (QED) is 0.255. The third-order valence-electron chi connectivity index (χ3n) is 6.44. The van der Waals surface area contributed by atoms with E-state index in [0.29, 0.717) is 32.2 Å². The van der Waals surface area contributed by atoms with Gasteiger partial charge in [-0.2, -0.15) is 0 Å². The number of carbonyl (C=O) groups is 5. The molecule has 0 saturated carbocycles. The van der Waals surface area contributed by atoms with Crippen molar-refractivity contribution in [3.8, 4) is 0 Å². The highest BCUT2D eigenvalue weighted by atomic mass is 16.4. The molecule has 3 amide bonds. The number of nitrogens with two attached hydrogens (primary N) is 1. The second-order valence-corrected chi connectivity index (χ2v) is 8.80. The van der Waals surface area contributed by atoms with Crippen LogP contribution >= 0.6 is 0 Å². The van der Waals surface area contributed by atoms with Crippen molar-refractivity contribution in [1.82, 2.24) is 15.5 Å². The average molecular weight is 471 g/mol. The molecule has 6 N–H and O–H groups in total. The summed E-state index contributed by atoms with van der Waals surface area (Å²) < 4.78 is 0. The molecule has 6 unspecified atom stereocenters. The molecule has 0 aromatic carbocycles. The molecule has 1 aliphatic rings. The van der Waals surface area contributed by atoms with Gasteiger partial charge >= 0.3 is 11.9 Å². The van der Waals surface area contributed by atoms with Crippen LogP contribution in [-0.4, -0.2) is 75.5 Å². The van der Waals surface area contributed by atoms with Crippen molar-refractivity contribution >= 4 is 29.7 Å². The first-order chi connectivity index (χ1) is 15.4. The van der Waals surface area contributed by atoms with E-state index in [1.54, 1.807) is 13.8 Å². The molecular weight excluding hydrogens is 432 g/mol. The Morgan fingerprint density at radius 3 is 2.15 bits per heavy atom. The normalized spacial score (nSPS) is 20.3. The molecular formula is C22H38N4O7. The number of hydrogen-bond donors (Lipinski definition) is 5. The molecule has 1 aliphatic heterocycles. The van der Waals surface area contributed by atoms with Crippen LogP contribution in [0.1, 0.15) is 66.2 Å². The molecule has 1 rings (SSSR count). The Labute approximate surface area is 194 Å². The van der Waals surface area contributed by atoms with E-state index in [0.717, 1.165) is 0 Å². The number of nitrogens with one attached hydrogen (secondary N) is 2. The van der Waals surface area contributed by atoms with Crippen molar-refractivity contribution in [3.63, 3.8) is 0 Å². The van der Waals surface area contributed by atoms with Crippen molar-refractivity contribution in [2.75, 3.05) is 6.54 Å². The minimum Gasteiger partial charge on any atom is -0.481 e. The fourth-order valence-electron chi connectivity index (χ4n) is 3.73. The third-order valence-corrected chi connectivity index (χ3v) is 6.44. The summed E-state index contributed by atoms with van der Waals surface area (Å²) in [5, 5.41) is 23.4. The summed E-state index contributed by atoms with van der Waals surface area (Å²) in [6.07, 6.45) is 1.58. The van der Waals surface area contributed by atoms with Gasteiger partial charge in [0.1, 0.15) is 18.1 Å². The van der Waals surface area contributed by atoms with Crippen molar-refractivity contribution < 1.29 is 34.2 Å². The molecule has 0 aromatic heterocycles. The van der Waals surface area contributed by atoms with Crippen LogP contribution in [0.15, 0.2) is 0 Å². The molecule has 11 nitrogen and oxygen atoms in total. The van der Waals surface area contributed by atoms with E-state index in [4.69, 9.17) is 10.8 Å². The maximum Gasteiger partial charge on any atom is 0.326 e. The van der Waals surface area contributed by atoms with Gasteiger partial charge in [-0.1, -0.05) is 40.5 Å². The fraction of sp³-hybridized carbons (Fsp3) is 0.773. The lowest BCUT2D eigenvalue weighted by molar-refractivity contribution is -0.145. The monoisotopic (exact) mass is 470 g/mol. The summed E-state index contributed by atoms with van der Waals surface area (Å²) in [7, 11) is 0. The highest BCUT2D eigenvalue weighted by Gasteiger charge is 2.39. The standard InChI is InChI=1S/C22H38N4O7/c1-5-12(3)17(23)21(31)26-11-7-8-15(26)20(30)24-14(9-10-16(27)28)19(29)25-18(22(32)33)13(4)6-2/h12-15,17-18H,5-11,23H2,1-4H3,(H,24,30)(H,25,29)(H,27,28)(H,32,33). The number of carboxylic acids is 2. The fourth-order valence-corrected chi connectivity index (χ4v) is 3.73. The number of rotatable bonds is 13. The number of carboxylic acid groups (broad SMARTS) is 2. The topological polar surface area (TPSA) is 179 Å². The van der Waals surface area contributed by atoms with E-state index in [1.165, 1.54) is 4.90 Å². The van der Waals surface area contributed by atoms with Gasteiger partial charge in [-0.3, -0.25) is 19.2 Å². The molecule has 0 aliphatic carbocycles. The van der Waals surface area contributed by atoms with Gasteiger partial charge in [-0.05, 0) is 31.1 Å². The first-order valence-corrected chi connectivity index (χ1v) is 11.6. The Kier molecular flexibility index (Phi) is 11.3. The number of amides is 3. The Morgan fingerprint density at radius 2 is 1.64 bits per heavy atom. The second-order valence-electron chi connectivity index (χ2n) is 8.80. The Balaban J connectivity index is 2.99. The summed E-state index contributed by atoms with van der Waals surface area (Å²) in [6, 6.07) is -4.00. The van der Waals surface area contributed by atoms with E-state index in [9.17, 15) is 29.1 Å². The van der Waals surface area contributed by atoms with Crippen LogP contribution < -0.4 is 16.4 Å². The zero-order valence-corrected chi connectivity index (χ0v) is 19.9. The average Bonchev–Trinajstić information content (AvgIpc) is 3.27. The largest absolute Gasteiger partial charge is 0.481 e. The molecule has 1 saturated heterocycles. The van der Waals surface area contributed by atoms with Crippen LogP contribution in [0, 0.1) is 11.8 Å². The Morgan fingerprint density at radius 1 is 1.03 bits per heavy atom. The minimum atomic E-state index is -1.25. The number of likely N-dealkylation sites (tertiary alicyclic amines) is 1. The second kappa shape index (κ2) is 13.1. The maximum atomic E-state index is 13.0. The van der Waals surface area contributed by atoms with Crippen LogP contribution in [0.25, 0.3) is 0 Å². The zero-order chi connectivity index (χ0) is 25.3. The molecule has 6 atom stereocenters. The van der Waals surface area contributed by atoms with Crippen molar-refractivity contribution in [3.05, 3.63) is 0 Å². The molecule has 0 bridgehead atoms. The predicted octanol–water partition coefficient (Wildman–Crippen LogP) is 0.316. The van der Waals surface area contributed by atoms with Gasteiger partial charge < -0.3 is 31.5 Å². The van der Waals surface area contributed by atoms with Crippen molar-refractivity contribution in [2.24, 2.45) is 17.6 Å². The predicted molar refractivity (Wildman–Crippen MR) is 120 cm³/mol. The SMILES string of the molecule is CCC(C)C(N)C(=O)N1CCCC1C(=O)NC(CCC(=O)O)C(=O)NC(C(=O)O)C(C)CC. The lowest BCUT2D eigenvalue weighted by atomic mass is 9.98. The number of hydrogen-bond acceptors (Lipinski definition) is 6. The minimum absolute atomic E-state index is 0.0654. The lowest BCUT2D eigenvalue weighted by Crippen LogP contribution is -2.57. The van der Waals surface area contributed by atoms with Crippen molar-refractivity contribution in [1.29, 1.82) is 0 Å². The van der Waals surface area contributed by atoms with E-state index in [1.807, 2.05) is 13.8 Å². The number of carbonyl (C=O) groups excluding carboxylic acids is 3. The van der Waals surface area contributed by atoms with Gasteiger partial charge in [0, 0.05) is 13.0 Å². The highest BCUT2D eigenvalue weighted by Crippen LogP contribution is 2.21. The molecule has 188 valence electrons. The van der Waals surface area contributed by atoms with E-state index in [-0.39, 0.29) is 24.2 Å². The van der Waals surface area contributed by atoms with Gasteiger partial charge in [-0.25, -0.2) is 4.79 Å². The first kappa shape index (κ1) is 28.3. The van der Waals surface area contributed by atoms with E-state index < -0.39 is 54.3 Å². The summed E-state index contributed by atoms with van der Waals surface area (Å²) >= 11 is 0. The van der Waals surface area contributed by atoms with Crippen LogP contribution in [-0.2, 0) is 24.0 Å². The van der Waals surface area contributed by atoms with Gasteiger partial charge in [0.05, 0.1) is 6.04 Å². The van der Waals surface area contributed by atoms with E-state index >= 15 is 0 Å². The molecule has 1 fully saturated rings. The summed E-state index contributed by atoms with van der Waals surface area (Å²) in [5.41, 5.74) is 6.06. The maximum absolute atomic E-state index is 13.0. The molecule has 0 aromatic rings. The van der Waals surface area contributed by atoms with Crippen LogP contribution in [0.5, 0.6) is 0 Å². The lowest BCUT2D eigenvalue weighted by Gasteiger charge is -2.30. The molecule has 11 heteroatoms. The third kappa shape index (κ3) is 7.99. The van der Waals surface area contributed by atoms with Gasteiger partial charge in [0.25, 0.3) is 0 Å². The van der Waals surface area contributed by atoms with Crippen molar-refractivity contribution in [2.45, 2.75) is 90.4 Å². The summed E-state index contributed by atoms with van der Waals surface area (Å²) in [4.78, 5) is 62.7. The smallest absolute Gasteiger partial charge is 0.326 e. The Bertz CT molecular complexity index is 730. The molecule has 33 heavy (non-hydrogen) atoms. The van der Waals surface area contributed by atoms with Crippen LogP contribution in [0.2, 0.25) is 0 Å². The summed E-state index contributed by atoms with van der Waals surface area (Å²) in [5.74, 6) is -4.50. The molecule has 0 spiro atoms. The number of aliphatic carboxylic acids is 2. The molecule has 0 radical (unpaired) electrons. The Hall–Kier alpha value is -2.69. The highest BCUT2D eigenvalue weighted by molar-refractivity contribution is 5.94. The zero-order valence-electron chi connectivity index (χ0n) is 19.9. The van der Waals surface area contributed by atoms with Gasteiger partial charge in [0.15, 0.2) is 0 Å². The van der Waals surface area contributed by atoms with Crippen LogP contribution in [0.4, 0.5) is 0 Å². The van der Waals surface area contributed by atoms with Gasteiger partial charge in [-0.15, -0.1) is 0 Å².